The van der Waals surface area contributed by atoms with Crippen molar-refractivity contribution >= 4 is 41.0 Å². The van der Waals surface area contributed by atoms with Gasteiger partial charge in [-0.1, -0.05) is 67.6 Å². The lowest BCUT2D eigenvalue weighted by Crippen LogP contribution is -2.56. The molecule has 0 aromatic heterocycles. The molecule has 0 saturated carbocycles. The van der Waals surface area contributed by atoms with Gasteiger partial charge in [0.05, 0.1) is 12.1 Å². The van der Waals surface area contributed by atoms with Crippen molar-refractivity contribution < 1.29 is 28.7 Å². The smallest absolute Gasteiger partial charge is 0.251 e. The summed E-state index contributed by atoms with van der Waals surface area (Å²) in [6, 6.07) is 21.3. The fourth-order valence-corrected chi connectivity index (χ4v) is 7.71. The number of likely N-dealkylation sites (N-methyl/N-ethyl adjacent to an activating group) is 1. The average Bonchev–Trinajstić information content (AvgIpc) is 3.27. The number of halogens is 1. The summed E-state index contributed by atoms with van der Waals surface area (Å²) < 4.78 is 6.13. The number of hydrogen-bond acceptors (Lipinski definition) is 9. The van der Waals surface area contributed by atoms with Crippen LogP contribution in [-0.4, -0.2) is 85.2 Å². The largest absolute Gasteiger partial charge is 0.492 e. The van der Waals surface area contributed by atoms with Gasteiger partial charge in [0.1, 0.15) is 30.5 Å². The summed E-state index contributed by atoms with van der Waals surface area (Å²) in [5.41, 5.74) is 18.2. The Labute approximate surface area is 375 Å². The third-order valence-electron chi connectivity index (χ3n) is 11.4. The van der Waals surface area contributed by atoms with Gasteiger partial charge in [-0.15, -0.1) is 0 Å². The number of amides is 4. The number of nitrogens with one attached hydrogen (secondary N) is 4. The Kier molecular flexibility index (Phi) is 17.0. The predicted molar refractivity (Wildman–Crippen MR) is 248 cm³/mol. The number of benzene rings is 4. The fraction of sp³-hybridized carbons (Fsp3) is 0.367. The van der Waals surface area contributed by atoms with Crippen LogP contribution in [0.15, 0.2) is 97.2 Å². The zero-order valence-electron chi connectivity index (χ0n) is 36.8. The number of rotatable bonds is 17. The van der Waals surface area contributed by atoms with Crippen LogP contribution in [0.3, 0.4) is 0 Å². The SMILES string of the molecule is C=C([C@H](CCCCN)NC(=O)c1ccc(-c2ccc(Cl)cc2)cc1)N(C)[C@@H]1C(=O)N[C@@H](C)C(=O)N[C@H](C(=O)N[C@@H](C)C(=O)CC)Cc2ccc(OCCN)c(c2)-c2cc1ccc2C. The number of ketones is 1. The van der Waals surface area contributed by atoms with E-state index in [9.17, 15) is 24.0 Å². The molecule has 0 unspecified atom stereocenters. The van der Waals surface area contributed by atoms with Crippen molar-refractivity contribution in [2.75, 3.05) is 26.7 Å². The van der Waals surface area contributed by atoms with Gasteiger partial charge in [0.25, 0.3) is 5.91 Å². The van der Waals surface area contributed by atoms with Crippen molar-refractivity contribution in [2.24, 2.45) is 11.5 Å². The lowest BCUT2D eigenvalue weighted by atomic mass is 9.91. The number of hydrogen-bond donors (Lipinski definition) is 6. The number of nitrogens with zero attached hydrogens (tertiary/aromatic N) is 1. The molecule has 0 saturated heterocycles. The Balaban J connectivity index is 1.53. The van der Waals surface area contributed by atoms with Crippen molar-refractivity contribution in [1.29, 1.82) is 0 Å². The van der Waals surface area contributed by atoms with Crippen molar-refractivity contribution in [3.63, 3.8) is 0 Å². The summed E-state index contributed by atoms with van der Waals surface area (Å²) >= 11 is 6.09. The molecule has 5 atom stereocenters. The van der Waals surface area contributed by atoms with Gasteiger partial charge >= 0.3 is 0 Å². The number of Topliss-reactive ketones (excluding diaryl/α,β-unsaturated/α-hetero) is 1. The standard InChI is InChI=1S/C49H60ClN7O6/c1-7-43(58)30(3)53-48(61)42-27-33-12-22-44(63-25-24-52)40(26-33)39-28-37(13-11-29(39)2)45(49(62)54-31(4)46(59)56-42)57(6)32(5)41(10-8-9-23-51)55-47(60)36-16-14-34(15-17-36)35-18-20-38(50)21-19-35/h11-22,26,28,30-31,41-42,45H,5,7-10,23-25,27,51-52H2,1-4,6H3,(H,53,61)(H,54,62)(H,55,60)(H,56,59)/t30-,31-,41-,42-,45-/m0/s1. The van der Waals surface area contributed by atoms with Crippen LogP contribution in [0.2, 0.25) is 5.02 Å². The second-order valence-electron chi connectivity index (χ2n) is 16.0. The Morgan fingerprint density at radius 2 is 1.57 bits per heavy atom. The van der Waals surface area contributed by atoms with E-state index in [0.29, 0.717) is 59.0 Å². The molecule has 4 bridgehead atoms. The molecule has 5 rings (SSSR count). The first kappa shape index (κ1) is 48.0. The van der Waals surface area contributed by atoms with E-state index >= 15 is 0 Å². The van der Waals surface area contributed by atoms with Gasteiger partial charge in [-0.3, -0.25) is 24.0 Å². The molecule has 4 aromatic rings. The maximum Gasteiger partial charge on any atom is 0.251 e. The molecule has 8 N–H and O–H groups in total. The summed E-state index contributed by atoms with van der Waals surface area (Å²) in [7, 11) is 1.73. The highest BCUT2D eigenvalue weighted by Crippen LogP contribution is 2.37. The first-order valence-electron chi connectivity index (χ1n) is 21.4. The number of nitrogens with two attached hydrogens (primary N) is 2. The van der Waals surface area contributed by atoms with Crippen molar-refractivity contribution in [3.05, 3.63) is 124 Å². The molecule has 1 aliphatic heterocycles. The molecular weight excluding hydrogens is 818 g/mol. The molecule has 63 heavy (non-hydrogen) atoms. The Hall–Kier alpha value is -6.02. The summed E-state index contributed by atoms with van der Waals surface area (Å²) in [5, 5.41) is 12.2. The molecule has 13 nitrogen and oxygen atoms in total. The van der Waals surface area contributed by atoms with Crippen LogP contribution < -0.4 is 37.5 Å². The highest BCUT2D eigenvalue weighted by Gasteiger charge is 2.34. The zero-order valence-corrected chi connectivity index (χ0v) is 37.5. The zero-order chi connectivity index (χ0) is 45.8. The average molecular weight is 879 g/mol. The molecule has 14 heteroatoms. The van der Waals surface area contributed by atoms with E-state index in [1.54, 1.807) is 50.9 Å². The minimum atomic E-state index is -1.09. The number of aryl methyl sites for hydroxylation is 1. The lowest BCUT2D eigenvalue weighted by Gasteiger charge is -2.36. The second kappa shape index (κ2) is 22.4. The molecule has 0 radical (unpaired) electrons. The van der Waals surface area contributed by atoms with E-state index < -0.39 is 47.9 Å². The van der Waals surface area contributed by atoms with E-state index in [0.717, 1.165) is 27.8 Å². The van der Waals surface area contributed by atoms with E-state index in [1.807, 2.05) is 73.7 Å². The number of carbonyl (C=O) groups is 5. The second-order valence-corrected chi connectivity index (χ2v) is 16.4. The summed E-state index contributed by atoms with van der Waals surface area (Å²) in [5.74, 6) is -1.59. The molecule has 4 aromatic carbocycles. The summed E-state index contributed by atoms with van der Waals surface area (Å²) in [4.78, 5) is 70.4. The first-order valence-corrected chi connectivity index (χ1v) is 21.8. The molecule has 1 aliphatic rings. The molecule has 0 aliphatic carbocycles. The molecule has 1 heterocycles. The minimum Gasteiger partial charge on any atom is -0.492 e. The van der Waals surface area contributed by atoms with Crippen LogP contribution in [0.5, 0.6) is 5.75 Å². The number of fused-ring (bicyclic) bond motifs is 5. The van der Waals surface area contributed by atoms with E-state index in [1.165, 1.54) is 0 Å². The van der Waals surface area contributed by atoms with Gasteiger partial charge in [-0.05, 0) is 122 Å². The highest BCUT2D eigenvalue weighted by molar-refractivity contribution is 6.30. The van der Waals surface area contributed by atoms with Gasteiger partial charge < -0.3 is 42.4 Å². The quantitative estimate of drug-likeness (QED) is 0.0715. The van der Waals surface area contributed by atoms with E-state index in [-0.39, 0.29) is 37.7 Å². The van der Waals surface area contributed by atoms with Gasteiger partial charge in [0.15, 0.2) is 5.78 Å². The fourth-order valence-electron chi connectivity index (χ4n) is 7.58. The summed E-state index contributed by atoms with van der Waals surface area (Å²) in [6.45, 7) is 12.2. The van der Waals surface area contributed by atoms with Crippen LogP contribution in [0, 0.1) is 6.92 Å². The van der Waals surface area contributed by atoms with Crippen LogP contribution in [0.4, 0.5) is 0 Å². The lowest BCUT2D eigenvalue weighted by molar-refractivity contribution is -0.134. The van der Waals surface area contributed by atoms with Crippen molar-refractivity contribution in [3.8, 4) is 28.0 Å². The van der Waals surface area contributed by atoms with Crippen LogP contribution in [0.25, 0.3) is 22.3 Å². The monoisotopic (exact) mass is 877 g/mol. The van der Waals surface area contributed by atoms with Gasteiger partial charge in [-0.25, -0.2) is 0 Å². The third kappa shape index (κ3) is 12.3. The van der Waals surface area contributed by atoms with Crippen molar-refractivity contribution in [2.45, 2.75) is 90.0 Å². The number of ether oxygens (including phenoxy) is 1. The maximum atomic E-state index is 14.7. The van der Waals surface area contributed by atoms with Gasteiger partial charge in [0.2, 0.25) is 17.7 Å². The van der Waals surface area contributed by atoms with Crippen LogP contribution >= 0.6 is 11.6 Å². The minimum absolute atomic E-state index is 0.0864. The number of carbonyl (C=O) groups excluding carboxylic acids is 5. The molecule has 0 fully saturated rings. The topological polar surface area (TPSA) is 198 Å². The molecular formula is C49H60ClN7O6. The summed E-state index contributed by atoms with van der Waals surface area (Å²) in [6.07, 6.45) is 2.19. The Morgan fingerprint density at radius 1 is 0.889 bits per heavy atom. The third-order valence-corrected chi connectivity index (χ3v) is 11.6. The van der Waals surface area contributed by atoms with E-state index in [2.05, 4.69) is 27.8 Å². The van der Waals surface area contributed by atoms with Crippen LogP contribution in [0.1, 0.15) is 79.5 Å². The predicted octanol–water partition coefficient (Wildman–Crippen LogP) is 5.76. The normalized spacial score (nSPS) is 17.2. The Bertz CT molecular complexity index is 2280. The number of unbranched alkanes of at least 4 members (excludes halogenated alkanes) is 1. The Morgan fingerprint density at radius 3 is 2.22 bits per heavy atom. The van der Waals surface area contributed by atoms with Crippen LogP contribution in [-0.2, 0) is 25.6 Å². The molecule has 4 amide bonds. The first-order chi connectivity index (χ1) is 30.1. The maximum absolute atomic E-state index is 14.7. The van der Waals surface area contributed by atoms with Gasteiger partial charge in [-0.2, -0.15) is 0 Å². The van der Waals surface area contributed by atoms with E-state index in [4.69, 9.17) is 27.8 Å². The van der Waals surface area contributed by atoms with Crippen molar-refractivity contribution in [1.82, 2.24) is 26.2 Å². The molecule has 0 spiro atoms. The van der Waals surface area contributed by atoms with Gasteiger partial charge in [0, 0.05) is 48.3 Å². The molecule has 334 valence electrons. The highest BCUT2D eigenvalue weighted by atomic mass is 35.5.